The summed E-state index contributed by atoms with van der Waals surface area (Å²) in [5.41, 5.74) is 1.33. The molecule has 0 unspecified atom stereocenters. The molecule has 0 aliphatic carbocycles. The first-order valence-electron chi connectivity index (χ1n) is 11.5. The average molecular weight is 421 g/mol. The van der Waals surface area contributed by atoms with Crippen LogP contribution >= 0.6 is 0 Å². The number of aromatic nitrogens is 2. The summed E-state index contributed by atoms with van der Waals surface area (Å²) in [6, 6.07) is 10.4. The van der Waals surface area contributed by atoms with Gasteiger partial charge in [-0.3, -0.25) is 14.6 Å². The van der Waals surface area contributed by atoms with Gasteiger partial charge in [0.05, 0.1) is 6.20 Å². The van der Waals surface area contributed by atoms with Gasteiger partial charge in [0.1, 0.15) is 5.69 Å². The molecule has 1 atom stereocenters. The van der Waals surface area contributed by atoms with E-state index in [2.05, 4.69) is 46.1 Å². The molecule has 6 nitrogen and oxygen atoms in total. The van der Waals surface area contributed by atoms with E-state index >= 15 is 0 Å². The van der Waals surface area contributed by atoms with E-state index in [0.717, 1.165) is 51.6 Å². The number of nitrogens with zero attached hydrogens (tertiary/aromatic N) is 4. The average Bonchev–Trinajstić information content (AvgIpc) is 2.97. The Morgan fingerprint density at radius 2 is 1.87 bits per heavy atom. The summed E-state index contributed by atoms with van der Waals surface area (Å²) in [6.45, 7) is 5.15. The summed E-state index contributed by atoms with van der Waals surface area (Å²) in [6.07, 6.45) is 10.4. The minimum absolute atomic E-state index is 0.0617. The zero-order valence-corrected chi connectivity index (χ0v) is 18.4. The largest absolute Gasteiger partial charge is 0.342 e. The fraction of sp³-hybridized carbons (Fsp3) is 0.520. The van der Waals surface area contributed by atoms with Crippen molar-refractivity contribution in [1.82, 2.24) is 19.8 Å². The molecule has 2 aliphatic rings. The molecule has 0 spiro atoms. The van der Waals surface area contributed by atoms with E-state index in [1.807, 2.05) is 11.0 Å². The van der Waals surface area contributed by atoms with E-state index in [-0.39, 0.29) is 11.3 Å². The fourth-order valence-corrected chi connectivity index (χ4v) is 5.16. The minimum atomic E-state index is -0.338. The molecule has 164 valence electrons. The number of benzene rings is 1. The second kappa shape index (κ2) is 9.58. The van der Waals surface area contributed by atoms with Crippen molar-refractivity contribution in [1.29, 1.82) is 0 Å². The van der Waals surface area contributed by atoms with Gasteiger partial charge in [-0.15, -0.1) is 0 Å². The standard InChI is InChI=1S/C25H32N4O2/c1-25(21-10-17-28(18-11-21)23(30)22-19-26-13-14-27-22)12-5-6-15-29(24(25)31)16-9-20-7-3-2-4-8-20/h2-4,7-8,13-14,19,21H,5-6,9-12,15-18H2,1H3/t25-/m1/s1. The first kappa shape index (κ1) is 21.5. The Kier molecular flexibility index (Phi) is 6.64. The van der Waals surface area contributed by atoms with Crippen LogP contribution in [0.15, 0.2) is 48.9 Å². The Balaban J connectivity index is 1.39. The van der Waals surface area contributed by atoms with Crippen molar-refractivity contribution in [3.63, 3.8) is 0 Å². The monoisotopic (exact) mass is 420 g/mol. The molecule has 31 heavy (non-hydrogen) atoms. The molecule has 1 aromatic heterocycles. The smallest absolute Gasteiger partial charge is 0.274 e. The molecular formula is C25H32N4O2. The molecule has 4 rings (SSSR count). The lowest BCUT2D eigenvalue weighted by atomic mass is 9.69. The lowest BCUT2D eigenvalue weighted by molar-refractivity contribution is -0.144. The van der Waals surface area contributed by atoms with Gasteiger partial charge in [0.15, 0.2) is 0 Å². The minimum Gasteiger partial charge on any atom is -0.342 e. The number of amides is 2. The molecule has 6 heteroatoms. The van der Waals surface area contributed by atoms with Crippen LogP contribution < -0.4 is 0 Å². The van der Waals surface area contributed by atoms with Gasteiger partial charge in [-0.05, 0) is 43.6 Å². The molecule has 2 aromatic rings. The van der Waals surface area contributed by atoms with Crippen LogP contribution in [0.4, 0.5) is 0 Å². The second-order valence-corrected chi connectivity index (χ2v) is 9.06. The van der Waals surface area contributed by atoms with E-state index in [9.17, 15) is 9.59 Å². The third-order valence-corrected chi connectivity index (χ3v) is 7.13. The number of likely N-dealkylation sites (tertiary alicyclic amines) is 2. The summed E-state index contributed by atoms with van der Waals surface area (Å²) in [5, 5.41) is 0. The lowest BCUT2D eigenvalue weighted by Crippen LogP contribution is -2.49. The predicted octanol–water partition coefficient (Wildman–Crippen LogP) is 3.59. The first-order chi connectivity index (χ1) is 15.1. The van der Waals surface area contributed by atoms with E-state index in [0.29, 0.717) is 30.6 Å². The van der Waals surface area contributed by atoms with Crippen molar-refractivity contribution in [3.05, 3.63) is 60.2 Å². The molecule has 0 saturated carbocycles. The van der Waals surface area contributed by atoms with Crippen molar-refractivity contribution < 1.29 is 9.59 Å². The molecule has 1 aromatic carbocycles. The van der Waals surface area contributed by atoms with E-state index < -0.39 is 0 Å². The predicted molar refractivity (Wildman–Crippen MR) is 119 cm³/mol. The molecule has 3 heterocycles. The SMILES string of the molecule is C[C@]1(C2CCN(C(=O)c3cnccn3)CC2)CCCCN(CCc2ccccc2)C1=O. The normalized spacial score (nSPS) is 22.9. The molecule has 0 radical (unpaired) electrons. The number of carbonyl (C=O) groups excluding carboxylic acids is 2. The van der Waals surface area contributed by atoms with E-state index in [1.165, 1.54) is 11.8 Å². The van der Waals surface area contributed by atoms with Gasteiger partial charge < -0.3 is 9.80 Å². The van der Waals surface area contributed by atoms with Gasteiger partial charge in [0.2, 0.25) is 5.91 Å². The maximum Gasteiger partial charge on any atom is 0.274 e. The molecule has 2 saturated heterocycles. The van der Waals surface area contributed by atoms with Crippen molar-refractivity contribution >= 4 is 11.8 Å². The Bertz CT molecular complexity index is 881. The van der Waals surface area contributed by atoms with Crippen LogP contribution in [0.1, 0.15) is 55.1 Å². The Morgan fingerprint density at radius 1 is 1.10 bits per heavy atom. The van der Waals surface area contributed by atoms with Crippen LogP contribution in [0.5, 0.6) is 0 Å². The Morgan fingerprint density at radius 3 is 2.58 bits per heavy atom. The Labute approximate surface area is 184 Å². The quantitative estimate of drug-likeness (QED) is 0.741. The zero-order chi connectivity index (χ0) is 21.7. The number of hydrogen-bond acceptors (Lipinski definition) is 4. The van der Waals surface area contributed by atoms with Gasteiger partial charge in [0, 0.05) is 44.0 Å². The number of hydrogen-bond donors (Lipinski definition) is 0. The number of rotatable bonds is 5. The molecule has 2 amide bonds. The maximum atomic E-state index is 13.7. The van der Waals surface area contributed by atoms with Crippen LogP contribution in [0, 0.1) is 11.3 Å². The third kappa shape index (κ3) is 4.78. The van der Waals surface area contributed by atoms with Crippen LogP contribution in [0.25, 0.3) is 0 Å². The lowest BCUT2D eigenvalue weighted by Gasteiger charge is -2.42. The number of piperidine rings is 1. The van der Waals surface area contributed by atoms with Gasteiger partial charge in [-0.2, -0.15) is 0 Å². The third-order valence-electron chi connectivity index (χ3n) is 7.13. The first-order valence-corrected chi connectivity index (χ1v) is 11.5. The van der Waals surface area contributed by atoms with E-state index in [1.54, 1.807) is 12.4 Å². The van der Waals surface area contributed by atoms with Gasteiger partial charge in [0.25, 0.3) is 5.91 Å². The van der Waals surface area contributed by atoms with Gasteiger partial charge in [-0.25, -0.2) is 4.98 Å². The summed E-state index contributed by atoms with van der Waals surface area (Å²) in [7, 11) is 0. The highest BCUT2D eigenvalue weighted by Gasteiger charge is 2.45. The van der Waals surface area contributed by atoms with Crippen LogP contribution in [0.3, 0.4) is 0 Å². The molecular weight excluding hydrogens is 388 g/mol. The number of carbonyl (C=O) groups is 2. The van der Waals surface area contributed by atoms with Crippen molar-refractivity contribution in [2.75, 3.05) is 26.2 Å². The summed E-state index contributed by atoms with van der Waals surface area (Å²) in [5.74, 6) is 0.552. The fourth-order valence-electron chi connectivity index (χ4n) is 5.16. The highest BCUT2D eigenvalue weighted by molar-refractivity contribution is 5.92. The summed E-state index contributed by atoms with van der Waals surface area (Å²) < 4.78 is 0. The summed E-state index contributed by atoms with van der Waals surface area (Å²) >= 11 is 0. The van der Waals surface area contributed by atoms with Crippen molar-refractivity contribution in [3.8, 4) is 0 Å². The highest BCUT2D eigenvalue weighted by atomic mass is 16.2. The van der Waals surface area contributed by atoms with Gasteiger partial charge in [-0.1, -0.05) is 43.7 Å². The topological polar surface area (TPSA) is 66.4 Å². The van der Waals surface area contributed by atoms with Crippen LogP contribution in [-0.2, 0) is 11.2 Å². The van der Waals surface area contributed by atoms with Crippen molar-refractivity contribution in [2.24, 2.45) is 11.3 Å². The van der Waals surface area contributed by atoms with Gasteiger partial charge >= 0.3 is 0 Å². The highest BCUT2D eigenvalue weighted by Crippen LogP contribution is 2.42. The van der Waals surface area contributed by atoms with Crippen LogP contribution in [-0.4, -0.2) is 57.8 Å². The molecule has 0 N–H and O–H groups in total. The molecule has 2 fully saturated rings. The summed E-state index contributed by atoms with van der Waals surface area (Å²) in [4.78, 5) is 38.5. The van der Waals surface area contributed by atoms with E-state index in [4.69, 9.17) is 0 Å². The second-order valence-electron chi connectivity index (χ2n) is 9.06. The molecule has 2 aliphatic heterocycles. The maximum absolute atomic E-state index is 13.7. The Hall–Kier alpha value is -2.76. The zero-order valence-electron chi connectivity index (χ0n) is 18.4. The van der Waals surface area contributed by atoms with Crippen LogP contribution in [0.2, 0.25) is 0 Å². The van der Waals surface area contributed by atoms with Crippen molar-refractivity contribution in [2.45, 2.75) is 45.4 Å². The molecule has 0 bridgehead atoms.